The minimum Gasteiger partial charge on any atom is -0.378 e. The number of hydrogen-bond acceptors (Lipinski definition) is 4. The standard InChI is InChI=1S/C20H20N2O3/c1-22(2)16-7-6-13-11-18(21-19(23)17(13)12-16)14-4-3-5-15(10-14)20-24-8-9-25-20/h3-7,10-12,20H,8-9H2,1-2H3,(H,21,23). The van der Waals surface area contributed by atoms with Crippen molar-refractivity contribution in [1.82, 2.24) is 4.98 Å². The maximum absolute atomic E-state index is 12.6. The Hall–Kier alpha value is -2.63. The van der Waals surface area contributed by atoms with Crippen molar-refractivity contribution in [3.8, 4) is 11.3 Å². The molecule has 1 aliphatic heterocycles. The van der Waals surface area contributed by atoms with Gasteiger partial charge in [0.1, 0.15) is 0 Å². The van der Waals surface area contributed by atoms with Gasteiger partial charge in [-0.1, -0.05) is 24.3 Å². The van der Waals surface area contributed by atoms with Crippen molar-refractivity contribution >= 4 is 16.5 Å². The summed E-state index contributed by atoms with van der Waals surface area (Å²) < 4.78 is 11.1. The number of fused-ring (bicyclic) bond motifs is 1. The summed E-state index contributed by atoms with van der Waals surface area (Å²) in [6.07, 6.45) is -0.324. The minimum atomic E-state index is -0.324. The second kappa shape index (κ2) is 6.35. The Bertz CT molecular complexity index is 972. The third kappa shape index (κ3) is 3.04. The molecular formula is C20H20N2O3. The van der Waals surface area contributed by atoms with Gasteiger partial charge in [0, 0.05) is 36.4 Å². The minimum absolute atomic E-state index is 0.0880. The Kier molecular flexibility index (Phi) is 4.03. The molecule has 0 spiro atoms. The zero-order chi connectivity index (χ0) is 17.4. The van der Waals surface area contributed by atoms with Gasteiger partial charge in [-0.25, -0.2) is 0 Å². The van der Waals surface area contributed by atoms with Gasteiger partial charge in [0.05, 0.1) is 13.2 Å². The molecule has 1 fully saturated rings. The molecule has 0 bridgehead atoms. The molecule has 5 nitrogen and oxygen atoms in total. The Labute approximate surface area is 145 Å². The highest BCUT2D eigenvalue weighted by Gasteiger charge is 2.18. The molecule has 25 heavy (non-hydrogen) atoms. The number of nitrogens with one attached hydrogen (secondary N) is 1. The van der Waals surface area contributed by atoms with E-state index in [1.165, 1.54) is 0 Å². The van der Waals surface area contributed by atoms with E-state index in [0.29, 0.717) is 18.6 Å². The van der Waals surface area contributed by atoms with E-state index in [2.05, 4.69) is 4.98 Å². The average Bonchev–Trinajstić information content (AvgIpc) is 3.16. The van der Waals surface area contributed by atoms with Crippen LogP contribution in [0, 0.1) is 0 Å². The highest BCUT2D eigenvalue weighted by Crippen LogP contribution is 2.28. The summed E-state index contributed by atoms with van der Waals surface area (Å²) in [7, 11) is 3.92. The third-order valence-corrected chi connectivity index (χ3v) is 4.44. The van der Waals surface area contributed by atoms with Gasteiger partial charge in [0.25, 0.3) is 5.56 Å². The van der Waals surface area contributed by atoms with E-state index >= 15 is 0 Å². The van der Waals surface area contributed by atoms with Crippen molar-refractivity contribution < 1.29 is 9.47 Å². The Morgan fingerprint density at radius 2 is 1.84 bits per heavy atom. The summed E-state index contributed by atoms with van der Waals surface area (Å²) in [5.41, 5.74) is 3.60. The lowest BCUT2D eigenvalue weighted by atomic mass is 10.0. The SMILES string of the molecule is CN(C)c1ccc2cc(-c3cccc(C4OCCO4)c3)[nH]c(=O)c2c1. The summed E-state index contributed by atoms with van der Waals surface area (Å²) in [6.45, 7) is 1.21. The normalized spacial score (nSPS) is 15.0. The first-order chi connectivity index (χ1) is 12.1. The van der Waals surface area contributed by atoms with E-state index < -0.39 is 0 Å². The van der Waals surface area contributed by atoms with E-state index in [1.807, 2.05) is 67.5 Å². The van der Waals surface area contributed by atoms with Gasteiger partial charge >= 0.3 is 0 Å². The summed E-state index contributed by atoms with van der Waals surface area (Å²) in [5, 5.41) is 1.61. The van der Waals surface area contributed by atoms with Crippen LogP contribution in [-0.4, -0.2) is 32.3 Å². The van der Waals surface area contributed by atoms with Gasteiger partial charge in [0.2, 0.25) is 0 Å². The van der Waals surface area contributed by atoms with Gasteiger partial charge in [-0.2, -0.15) is 0 Å². The topological polar surface area (TPSA) is 54.6 Å². The Balaban J connectivity index is 1.78. The van der Waals surface area contributed by atoms with E-state index in [9.17, 15) is 4.79 Å². The summed E-state index contributed by atoms with van der Waals surface area (Å²) in [4.78, 5) is 17.5. The van der Waals surface area contributed by atoms with E-state index in [4.69, 9.17) is 9.47 Å². The number of hydrogen-bond donors (Lipinski definition) is 1. The number of anilines is 1. The number of H-pyrrole nitrogens is 1. The maximum atomic E-state index is 12.6. The van der Waals surface area contributed by atoms with E-state index in [-0.39, 0.29) is 11.8 Å². The van der Waals surface area contributed by atoms with Crippen molar-refractivity contribution in [3.63, 3.8) is 0 Å². The van der Waals surface area contributed by atoms with Gasteiger partial charge in [-0.3, -0.25) is 4.79 Å². The molecule has 2 heterocycles. The fourth-order valence-corrected chi connectivity index (χ4v) is 3.09. The van der Waals surface area contributed by atoms with Gasteiger partial charge < -0.3 is 19.4 Å². The highest BCUT2D eigenvalue weighted by atomic mass is 16.7. The number of pyridine rings is 1. The number of ether oxygens (including phenoxy) is 2. The van der Waals surface area contributed by atoms with Crippen molar-refractivity contribution in [3.05, 3.63) is 64.4 Å². The molecule has 1 saturated heterocycles. The fourth-order valence-electron chi connectivity index (χ4n) is 3.09. The molecule has 1 aliphatic rings. The zero-order valence-electron chi connectivity index (χ0n) is 14.3. The van der Waals surface area contributed by atoms with Crippen LogP contribution >= 0.6 is 0 Å². The van der Waals surface area contributed by atoms with Crippen molar-refractivity contribution in [2.75, 3.05) is 32.2 Å². The second-order valence-electron chi connectivity index (χ2n) is 6.38. The number of aromatic nitrogens is 1. The predicted octanol–water partition coefficient (Wildman–Crippen LogP) is 3.31. The lowest BCUT2D eigenvalue weighted by Gasteiger charge is -2.14. The first-order valence-electron chi connectivity index (χ1n) is 8.30. The largest absolute Gasteiger partial charge is 0.378 e. The molecule has 0 radical (unpaired) electrons. The number of nitrogens with zero attached hydrogens (tertiary/aromatic N) is 1. The molecule has 0 aliphatic carbocycles. The first-order valence-corrected chi connectivity index (χ1v) is 8.30. The zero-order valence-corrected chi connectivity index (χ0v) is 14.3. The van der Waals surface area contributed by atoms with Crippen LogP contribution in [0.1, 0.15) is 11.9 Å². The molecule has 5 heteroatoms. The number of aromatic amines is 1. The molecule has 0 amide bonds. The molecule has 1 N–H and O–H groups in total. The maximum Gasteiger partial charge on any atom is 0.256 e. The smallest absolute Gasteiger partial charge is 0.256 e. The molecule has 128 valence electrons. The van der Waals surface area contributed by atoms with Crippen LogP contribution in [0.15, 0.2) is 53.3 Å². The van der Waals surface area contributed by atoms with Crippen LogP contribution in [0.4, 0.5) is 5.69 Å². The Morgan fingerprint density at radius 1 is 1.04 bits per heavy atom. The molecule has 0 saturated carbocycles. The first kappa shape index (κ1) is 15.9. The molecule has 3 aromatic rings. The molecule has 4 rings (SSSR count). The molecular weight excluding hydrogens is 316 g/mol. The molecule has 0 atom stereocenters. The van der Waals surface area contributed by atoms with Crippen molar-refractivity contribution in [2.45, 2.75) is 6.29 Å². The number of benzene rings is 2. The van der Waals surface area contributed by atoms with E-state index in [0.717, 1.165) is 27.9 Å². The monoisotopic (exact) mass is 336 g/mol. The number of rotatable bonds is 3. The molecule has 2 aromatic carbocycles. The highest BCUT2D eigenvalue weighted by molar-refractivity contribution is 5.87. The van der Waals surface area contributed by atoms with Gasteiger partial charge in [0.15, 0.2) is 6.29 Å². The van der Waals surface area contributed by atoms with Crippen LogP contribution in [0.25, 0.3) is 22.0 Å². The Morgan fingerprint density at radius 3 is 2.60 bits per heavy atom. The van der Waals surface area contributed by atoms with Gasteiger partial charge in [-0.05, 0) is 35.2 Å². The summed E-state index contributed by atoms with van der Waals surface area (Å²) >= 11 is 0. The van der Waals surface area contributed by atoms with Crippen molar-refractivity contribution in [1.29, 1.82) is 0 Å². The predicted molar refractivity (Wildman–Crippen MR) is 99.0 cm³/mol. The lowest BCUT2D eigenvalue weighted by Crippen LogP contribution is -2.11. The average molecular weight is 336 g/mol. The lowest BCUT2D eigenvalue weighted by molar-refractivity contribution is -0.0440. The van der Waals surface area contributed by atoms with Crippen LogP contribution in [0.3, 0.4) is 0 Å². The fraction of sp³-hybridized carbons (Fsp3) is 0.250. The van der Waals surface area contributed by atoms with Crippen LogP contribution < -0.4 is 10.5 Å². The van der Waals surface area contributed by atoms with Crippen LogP contribution in [-0.2, 0) is 9.47 Å². The second-order valence-corrected chi connectivity index (χ2v) is 6.38. The van der Waals surface area contributed by atoms with Gasteiger partial charge in [-0.15, -0.1) is 0 Å². The molecule has 0 unspecified atom stereocenters. The summed E-state index contributed by atoms with van der Waals surface area (Å²) in [6, 6.07) is 15.8. The van der Waals surface area contributed by atoms with Crippen LogP contribution in [0.5, 0.6) is 0 Å². The summed E-state index contributed by atoms with van der Waals surface area (Å²) in [5.74, 6) is 0. The third-order valence-electron chi connectivity index (χ3n) is 4.44. The van der Waals surface area contributed by atoms with Crippen molar-refractivity contribution in [2.24, 2.45) is 0 Å². The molecule has 1 aromatic heterocycles. The quantitative estimate of drug-likeness (QED) is 0.797. The van der Waals surface area contributed by atoms with E-state index in [1.54, 1.807) is 0 Å². The van der Waals surface area contributed by atoms with Crippen LogP contribution in [0.2, 0.25) is 0 Å².